The van der Waals surface area contributed by atoms with Gasteiger partial charge < -0.3 is 5.32 Å². The lowest BCUT2D eigenvalue weighted by Gasteiger charge is -2.26. The van der Waals surface area contributed by atoms with E-state index in [-0.39, 0.29) is 28.7 Å². The number of hydrogen-bond donors (Lipinski definition) is 1. The van der Waals surface area contributed by atoms with Crippen molar-refractivity contribution in [3.8, 4) is 5.69 Å². The Morgan fingerprint density at radius 1 is 1.19 bits per heavy atom. The molecule has 1 unspecified atom stereocenters. The smallest absolute Gasteiger partial charge is 0.350 e. The van der Waals surface area contributed by atoms with Crippen LogP contribution in [0.15, 0.2) is 12.1 Å². The normalized spacial score (nSPS) is 18.5. The first-order valence-corrected chi connectivity index (χ1v) is 12.9. The van der Waals surface area contributed by atoms with Crippen LogP contribution < -0.4 is 5.32 Å². The minimum atomic E-state index is -4.48. The lowest BCUT2D eigenvalue weighted by molar-refractivity contribution is -0.169. The molecule has 13 heteroatoms. The SMILES string of the molecule is CCc1nc(C(=O)NCC2CCC(C)CC2)c(Cl)n1-c1c(F)cc(CC(C)C(F)(F)F)cc1F.O=S=O. The number of halogens is 6. The predicted octanol–water partition coefficient (Wildman–Crippen LogP) is 5.99. The maximum absolute atomic E-state index is 14.9. The molecular weight excluding hydrogens is 541 g/mol. The van der Waals surface area contributed by atoms with Gasteiger partial charge in [0.15, 0.2) is 17.3 Å². The van der Waals surface area contributed by atoms with E-state index < -0.39 is 53.3 Å². The van der Waals surface area contributed by atoms with E-state index >= 15 is 0 Å². The van der Waals surface area contributed by atoms with Gasteiger partial charge in [0.1, 0.15) is 16.7 Å². The summed E-state index contributed by atoms with van der Waals surface area (Å²) in [6.45, 7) is 5.31. The summed E-state index contributed by atoms with van der Waals surface area (Å²) in [6, 6.07) is 1.72. The van der Waals surface area contributed by atoms with Crippen molar-refractivity contribution in [2.75, 3.05) is 6.54 Å². The Kier molecular flexibility index (Phi) is 11.2. The van der Waals surface area contributed by atoms with E-state index in [0.29, 0.717) is 18.4 Å². The Hall–Kier alpha value is -2.34. The van der Waals surface area contributed by atoms with Gasteiger partial charge in [-0.3, -0.25) is 9.36 Å². The second kappa shape index (κ2) is 13.5. The highest BCUT2D eigenvalue weighted by atomic mass is 35.5. The van der Waals surface area contributed by atoms with Crippen LogP contribution in [0.25, 0.3) is 5.69 Å². The molecule has 1 N–H and O–H groups in total. The summed E-state index contributed by atoms with van der Waals surface area (Å²) in [5.74, 6) is -3.26. The fourth-order valence-electron chi connectivity index (χ4n) is 4.33. The summed E-state index contributed by atoms with van der Waals surface area (Å²) >= 11 is 5.61. The summed E-state index contributed by atoms with van der Waals surface area (Å²) < 4.78 is 86.0. The van der Waals surface area contributed by atoms with E-state index in [1.807, 2.05) is 0 Å². The number of imidazole rings is 1. The number of alkyl halides is 3. The minimum absolute atomic E-state index is 0.127. The lowest BCUT2D eigenvalue weighted by atomic mass is 9.83. The molecule has 1 saturated carbocycles. The highest BCUT2D eigenvalue weighted by Gasteiger charge is 2.36. The zero-order valence-corrected chi connectivity index (χ0v) is 22.2. The molecule has 1 aliphatic rings. The molecule has 0 spiro atoms. The van der Waals surface area contributed by atoms with Crippen molar-refractivity contribution in [3.05, 3.63) is 46.0 Å². The van der Waals surface area contributed by atoms with Crippen molar-refractivity contribution in [3.63, 3.8) is 0 Å². The number of rotatable bonds is 7. The number of carbonyl (C=O) groups is 1. The van der Waals surface area contributed by atoms with Crippen molar-refractivity contribution in [1.82, 2.24) is 14.9 Å². The number of benzene rings is 1. The molecule has 1 aliphatic carbocycles. The number of nitrogens with one attached hydrogen (secondary N) is 1. The van der Waals surface area contributed by atoms with Gasteiger partial charge in [-0.1, -0.05) is 45.2 Å². The summed E-state index contributed by atoms with van der Waals surface area (Å²) in [5.41, 5.74) is -0.841. The van der Waals surface area contributed by atoms with Crippen LogP contribution in [0.5, 0.6) is 0 Å². The van der Waals surface area contributed by atoms with E-state index in [1.165, 1.54) is 0 Å². The van der Waals surface area contributed by atoms with E-state index in [0.717, 1.165) is 49.3 Å². The lowest BCUT2D eigenvalue weighted by Crippen LogP contribution is -2.31. The molecule has 3 rings (SSSR count). The Labute approximate surface area is 220 Å². The van der Waals surface area contributed by atoms with Gasteiger partial charge in [-0.05, 0) is 48.8 Å². The Balaban J connectivity index is 0.00000153. The fourth-order valence-corrected chi connectivity index (χ4v) is 4.64. The number of nitrogens with zero attached hydrogens (tertiary/aromatic N) is 2. The first-order valence-electron chi connectivity index (χ1n) is 11.9. The van der Waals surface area contributed by atoms with Gasteiger partial charge in [-0.2, -0.15) is 21.6 Å². The molecule has 206 valence electrons. The highest BCUT2D eigenvalue weighted by molar-refractivity contribution is 7.51. The molecule has 1 fully saturated rings. The summed E-state index contributed by atoms with van der Waals surface area (Å²) in [5, 5.41) is 2.57. The summed E-state index contributed by atoms with van der Waals surface area (Å²) in [4.78, 5) is 17.0. The number of hydrogen-bond acceptors (Lipinski definition) is 4. The van der Waals surface area contributed by atoms with Crippen LogP contribution in [-0.2, 0) is 24.4 Å². The van der Waals surface area contributed by atoms with Crippen LogP contribution in [0.2, 0.25) is 5.15 Å². The third-order valence-corrected chi connectivity index (χ3v) is 6.86. The predicted molar refractivity (Wildman–Crippen MR) is 129 cm³/mol. The Bertz CT molecular complexity index is 1100. The average Bonchev–Trinajstić information content (AvgIpc) is 3.14. The first-order chi connectivity index (χ1) is 17.3. The molecule has 0 bridgehead atoms. The number of aryl methyl sites for hydroxylation is 1. The monoisotopic (exact) mass is 569 g/mol. The molecule has 0 saturated heterocycles. The van der Waals surface area contributed by atoms with Crippen molar-refractivity contribution in [2.24, 2.45) is 17.8 Å². The van der Waals surface area contributed by atoms with E-state index in [1.54, 1.807) is 6.92 Å². The summed E-state index contributed by atoms with van der Waals surface area (Å²) in [7, 11) is 0. The maximum atomic E-state index is 14.9. The van der Waals surface area contributed by atoms with Crippen LogP contribution in [-0.4, -0.2) is 36.6 Å². The molecule has 6 nitrogen and oxygen atoms in total. The van der Waals surface area contributed by atoms with Crippen LogP contribution in [0.4, 0.5) is 22.0 Å². The zero-order valence-electron chi connectivity index (χ0n) is 20.6. The maximum Gasteiger partial charge on any atom is 0.391 e. The fraction of sp³-hybridized carbons (Fsp3) is 0.583. The number of aromatic nitrogens is 2. The number of amides is 1. The highest BCUT2D eigenvalue weighted by Crippen LogP contribution is 2.32. The second-order valence-electron chi connectivity index (χ2n) is 9.32. The second-order valence-corrected chi connectivity index (χ2v) is 9.81. The first kappa shape index (κ1) is 30.9. The minimum Gasteiger partial charge on any atom is -0.350 e. The van der Waals surface area contributed by atoms with Gasteiger partial charge in [0.25, 0.3) is 5.91 Å². The topological polar surface area (TPSA) is 81.1 Å². The van der Waals surface area contributed by atoms with Crippen LogP contribution >= 0.6 is 11.6 Å². The zero-order chi connectivity index (χ0) is 27.9. The quantitative estimate of drug-likeness (QED) is 0.415. The number of carbonyl (C=O) groups excluding carboxylic acids is 1. The van der Waals surface area contributed by atoms with Gasteiger partial charge in [0, 0.05) is 13.0 Å². The van der Waals surface area contributed by atoms with Gasteiger partial charge >= 0.3 is 17.7 Å². The van der Waals surface area contributed by atoms with Gasteiger partial charge in [0.05, 0.1) is 5.92 Å². The van der Waals surface area contributed by atoms with Crippen LogP contribution in [0.1, 0.15) is 68.3 Å². The van der Waals surface area contributed by atoms with Crippen molar-refractivity contribution < 1.29 is 35.2 Å². The van der Waals surface area contributed by atoms with E-state index in [9.17, 15) is 26.7 Å². The largest absolute Gasteiger partial charge is 0.391 e. The molecule has 37 heavy (non-hydrogen) atoms. The van der Waals surface area contributed by atoms with Crippen LogP contribution in [0, 0.1) is 29.4 Å². The molecule has 0 aliphatic heterocycles. The third-order valence-electron chi connectivity index (χ3n) is 6.51. The molecule has 0 radical (unpaired) electrons. The van der Waals surface area contributed by atoms with Crippen LogP contribution in [0.3, 0.4) is 0 Å². The van der Waals surface area contributed by atoms with Crippen molar-refractivity contribution >= 4 is 29.1 Å². The van der Waals surface area contributed by atoms with Gasteiger partial charge in [0.2, 0.25) is 0 Å². The van der Waals surface area contributed by atoms with E-state index in [2.05, 4.69) is 17.2 Å². The Morgan fingerprint density at radius 2 is 1.73 bits per heavy atom. The average molecular weight is 570 g/mol. The molecule has 1 aromatic heterocycles. The molecular formula is C24H29ClF5N3O3S. The molecule has 1 atom stereocenters. The standard InChI is InChI=1S/C24H29ClF5N3O.O2S/c1-4-19-32-20(23(34)31-12-15-7-5-13(2)6-8-15)22(25)33(19)21-17(26)10-16(11-18(21)27)9-14(3)24(28,29)30;1-3-2/h10-11,13-15H,4-9,12H2,1-3H3,(H,31,34);. The third kappa shape index (κ3) is 8.07. The van der Waals surface area contributed by atoms with Crippen molar-refractivity contribution in [1.29, 1.82) is 0 Å². The molecule has 1 amide bonds. The summed E-state index contributed by atoms with van der Waals surface area (Å²) in [6.07, 6.45) is -0.590. The Morgan fingerprint density at radius 3 is 2.22 bits per heavy atom. The molecule has 2 aromatic rings. The van der Waals surface area contributed by atoms with Gasteiger partial charge in [-0.15, -0.1) is 0 Å². The molecule has 1 aromatic carbocycles. The van der Waals surface area contributed by atoms with Gasteiger partial charge in [-0.25, -0.2) is 13.8 Å². The van der Waals surface area contributed by atoms with E-state index in [4.69, 9.17) is 20.0 Å². The van der Waals surface area contributed by atoms with Crippen molar-refractivity contribution in [2.45, 2.75) is 65.5 Å². The molecule has 1 heterocycles.